The van der Waals surface area contributed by atoms with E-state index >= 15 is 0 Å². The van der Waals surface area contributed by atoms with Gasteiger partial charge in [-0.15, -0.1) is 11.8 Å². The van der Waals surface area contributed by atoms with Crippen LogP contribution in [0.25, 0.3) is 0 Å². The van der Waals surface area contributed by atoms with Gasteiger partial charge in [0.25, 0.3) is 0 Å². The molecule has 1 atom stereocenters. The second kappa shape index (κ2) is 7.57. The number of benzene rings is 1. The SMILES string of the molecule is COc1ccc(OC)c(C2SCC(=O)N2CCc2cccnc2)c1. The van der Waals surface area contributed by atoms with E-state index in [0.717, 1.165) is 29.0 Å². The minimum Gasteiger partial charge on any atom is -0.497 e. The summed E-state index contributed by atoms with van der Waals surface area (Å²) in [5.74, 6) is 2.17. The summed E-state index contributed by atoms with van der Waals surface area (Å²) in [5.41, 5.74) is 2.09. The normalized spacial score (nSPS) is 17.2. The number of amides is 1. The van der Waals surface area contributed by atoms with Crippen LogP contribution < -0.4 is 9.47 Å². The maximum Gasteiger partial charge on any atom is 0.233 e. The number of nitrogens with zero attached hydrogens (tertiary/aromatic N) is 2. The van der Waals surface area contributed by atoms with Crippen molar-refractivity contribution in [3.8, 4) is 11.5 Å². The summed E-state index contributed by atoms with van der Waals surface area (Å²) in [5, 5.41) is -0.0563. The minimum atomic E-state index is -0.0563. The second-order valence-electron chi connectivity index (χ2n) is 5.47. The Morgan fingerprint density at radius 2 is 2.17 bits per heavy atom. The van der Waals surface area contributed by atoms with Crippen molar-refractivity contribution in [2.75, 3.05) is 26.5 Å². The van der Waals surface area contributed by atoms with Gasteiger partial charge in [-0.2, -0.15) is 0 Å². The maximum atomic E-state index is 12.4. The summed E-state index contributed by atoms with van der Waals surface area (Å²) in [4.78, 5) is 18.4. The van der Waals surface area contributed by atoms with Crippen molar-refractivity contribution in [2.45, 2.75) is 11.8 Å². The largest absolute Gasteiger partial charge is 0.497 e. The Bertz CT molecular complexity index is 709. The zero-order chi connectivity index (χ0) is 16.9. The maximum absolute atomic E-state index is 12.4. The molecule has 1 aromatic carbocycles. The van der Waals surface area contributed by atoms with E-state index in [1.165, 1.54) is 0 Å². The Morgan fingerprint density at radius 1 is 1.29 bits per heavy atom. The Labute approximate surface area is 146 Å². The average molecular weight is 344 g/mol. The highest BCUT2D eigenvalue weighted by Crippen LogP contribution is 2.43. The van der Waals surface area contributed by atoms with Crippen LogP contribution in [0.15, 0.2) is 42.7 Å². The van der Waals surface area contributed by atoms with Gasteiger partial charge < -0.3 is 14.4 Å². The Morgan fingerprint density at radius 3 is 2.88 bits per heavy atom. The van der Waals surface area contributed by atoms with Gasteiger partial charge in [0.2, 0.25) is 5.91 Å². The molecular formula is C18H20N2O3S. The molecule has 24 heavy (non-hydrogen) atoms. The number of thioether (sulfide) groups is 1. The molecule has 2 heterocycles. The van der Waals surface area contributed by atoms with Crippen molar-refractivity contribution < 1.29 is 14.3 Å². The number of methoxy groups -OCH3 is 2. The van der Waals surface area contributed by atoms with Gasteiger partial charge in [0.1, 0.15) is 16.9 Å². The summed E-state index contributed by atoms with van der Waals surface area (Å²) < 4.78 is 10.8. The number of hydrogen-bond acceptors (Lipinski definition) is 5. The highest BCUT2D eigenvalue weighted by atomic mass is 32.2. The summed E-state index contributed by atoms with van der Waals surface area (Å²) in [6.45, 7) is 0.655. The third-order valence-corrected chi connectivity index (χ3v) is 5.27. The van der Waals surface area contributed by atoms with Gasteiger partial charge in [0, 0.05) is 24.5 Å². The summed E-state index contributed by atoms with van der Waals surface area (Å²) in [6, 6.07) is 9.65. The third-order valence-electron chi connectivity index (χ3n) is 4.04. The number of hydrogen-bond donors (Lipinski definition) is 0. The highest BCUT2D eigenvalue weighted by molar-refractivity contribution is 8.00. The van der Waals surface area contributed by atoms with E-state index in [4.69, 9.17) is 9.47 Å². The van der Waals surface area contributed by atoms with Gasteiger partial charge in [0.05, 0.1) is 20.0 Å². The van der Waals surface area contributed by atoms with Crippen LogP contribution in [0.2, 0.25) is 0 Å². The Kier molecular flexibility index (Phi) is 5.25. The quantitative estimate of drug-likeness (QED) is 0.806. The fourth-order valence-electron chi connectivity index (χ4n) is 2.78. The molecule has 1 fully saturated rings. The first kappa shape index (κ1) is 16.6. The van der Waals surface area contributed by atoms with Gasteiger partial charge in [-0.3, -0.25) is 9.78 Å². The van der Waals surface area contributed by atoms with Gasteiger partial charge >= 0.3 is 0 Å². The van der Waals surface area contributed by atoms with Crippen LogP contribution in [0.3, 0.4) is 0 Å². The molecule has 0 aliphatic carbocycles. The number of pyridine rings is 1. The van der Waals surface area contributed by atoms with Crippen molar-refractivity contribution in [3.63, 3.8) is 0 Å². The second-order valence-corrected chi connectivity index (χ2v) is 6.54. The molecule has 1 amide bonds. The first-order valence-corrected chi connectivity index (χ1v) is 8.79. The zero-order valence-electron chi connectivity index (χ0n) is 13.8. The molecular weight excluding hydrogens is 324 g/mol. The number of ether oxygens (including phenoxy) is 2. The topological polar surface area (TPSA) is 51.7 Å². The number of aromatic nitrogens is 1. The predicted octanol–water partition coefficient (Wildman–Crippen LogP) is 2.92. The van der Waals surface area contributed by atoms with Crippen molar-refractivity contribution in [2.24, 2.45) is 0 Å². The van der Waals surface area contributed by atoms with E-state index in [1.54, 1.807) is 32.2 Å². The summed E-state index contributed by atoms with van der Waals surface area (Å²) in [6.07, 6.45) is 4.38. The molecule has 1 aliphatic heterocycles. The lowest BCUT2D eigenvalue weighted by molar-refractivity contribution is -0.128. The minimum absolute atomic E-state index is 0.0563. The summed E-state index contributed by atoms with van der Waals surface area (Å²) in [7, 11) is 3.28. The molecule has 1 saturated heterocycles. The van der Waals surface area contributed by atoms with E-state index in [1.807, 2.05) is 41.4 Å². The van der Waals surface area contributed by atoms with Gasteiger partial charge in [-0.25, -0.2) is 0 Å². The molecule has 6 heteroatoms. The smallest absolute Gasteiger partial charge is 0.233 e. The molecule has 5 nitrogen and oxygen atoms in total. The van der Waals surface area contributed by atoms with Crippen molar-refractivity contribution in [1.82, 2.24) is 9.88 Å². The zero-order valence-corrected chi connectivity index (χ0v) is 14.6. The highest BCUT2D eigenvalue weighted by Gasteiger charge is 2.34. The molecule has 0 spiro atoms. The van der Waals surface area contributed by atoms with Crippen molar-refractivity contribution >= 4 is 17.7 Å². The fraction of sp³-hybridized carbons (Fsp3) is 0.333. The molecule has 2 aromatic rings. The molecule has 0 N–H and O–H groups in total. The average Bonchev–Trinajstić information content (AvgIpc) is 3.00. The molecule has 3 rings (SSSR count). The molecule has 0 saturated carbocycles. The third kappa shape index (κ3) is 3.48. The van der Waals surface area contributed by atoms with Gasteiger partial charge in [0.15, 0.2) is 0 Å². The molecule has 0 bridgehead atoms. The molecule has 126 valence electrons. The van der Waals surface area contributed by atoms with E-state index < -0.39 is 0 Å². The predicted molar refractivity (Wildman–Crippen MR) is 94.4 cm³/mol. The van der Waals surface area contributed by atoms with Crippen LogP contribution in [-0.4, -0.2) is 42.3 Å². The van der Waals surface area contributed by atoms with Crippen LogP contribution >= 0.6 is 11.8 Å². The van der Waals surface area contributed by atoms with Crippen LogP contribution in [0.4, 0.5) is 0 Å². The first-order valence-electron chi connectivity index (χ1n) is 7.75. The van der Waals surface area contributed by atoms with Gasteiger partial charge in [-0.1, -0.05) is 6.07 Å². The van der Waals surface area contributed by atoms with Crippen LogP contribution in [0.5, 0.6) is 11.5 Å². The molecule has 1 aliphatic rings. The Balaban J connectivity index is 1.82. The lowest BCUT2D eigenvalue weighted by atomic mass is 10.1. The van der Waals surface area contributed by atoms with Crippen LogP contribution in [0.1, 0.15) is 16.5 Å². The standard InChI is InChI=1S/C18H20N2O3S/c1-22-14-5-6-16(23-2)15(10-14)18-20(17(21)12-24-18)9-7-13-4-3-8-19-11-13/h3-6,8,10-11,18H,7,9,12H2,1-2H3. The fourth-order valence-corrected chi connectivity index (χ4v) is 4.01. The first-order chi connectivity index (χ1) is 11.7. The van der Waals surface area contributed by atoms with Crippen molar-refractivity contribution in [1.29, 1.82) is 0 Å². The molecule has 1 aromatic heterocycles. The van der Waals surface area contributed by atoms with Crippen LogP contribution in [-0.2, 0) is 11.2 Å². The molecule has 1 unspecified atom stereocenters. The number of carbonyl (C=O) groups excluding carboxylic acids is 1. The van der Waals surface area contributed by atoms with Crippen molar-refractivity contribution in [3.05, 3.63) is 53.9 Å². The van der Waals surface area contributed by atoms with E-state index in [0.29, 0.717) is 12.3 Å². The summed E-state index contributed by atoms with van der Waals surface area (Å²) >= 11 is 1.62. The number of rotatable bonds is 6. The number of carbonyl (C=O) groups is 1. The lowest BCUT2D eigenvalue weighted by Gasteiger charge is -2.26. The van der Waals surface area contributed by atoms with E-state index in [9.17, 15) is 4.79 Å². The molecule has 0 radical (unpaired) electrons. The Hall–Kier alpha value is -2.21. The monoisotopic (exact) mass is 344 g/mol. The van der Waals surface area contributed by atoms with Crippen LogP contribution in [0, 0.1) is 0 Å². The lowest BCUT2D eigenvalue weighted by Crippen LogP contribution is -2.30. The van der Waals surface area contributed by atoms with E-state index in [-0.39, 0.29) is 11.3 Å². The van der Waals surface area contributed by atoms with E-state index in [2.05, 4.69) is 4.98 Å². The van der Waals surface area contributed by atoms with Gasteiger partial charge in [-0.05, 0) is 36.2 Å².